The summed E-state index contributed by atoms with van der Waals surface area (Å²) < 4.78 is 15.5. The molecule has 0 unspecified atom stereocenters. The van der Waals surface area contributed by atoms with Crippen molar-refractivity contribution in [3.8, 4) is 22.8 Å². The molecule has 5 nitrogen and oxygen atoms in total. The molecule has 120 valence electrons. The summed E-state index contributed by atoms with van der Waals surface area (Å²) in [6, 6.07) is 14.6. The summed E-state index contributed by atoms with van der Waals surface area (Å²) in [7, 11) is 0. The summed E-state index contributed by atoms with van der Waals surface area (Å²) >= 11 is 0. The summed E-state index contributed by atoms with van der Waals surface area (Å²) in [5.74, 6) is 2.72. The average molecular weight is 320 g/mol. The van der Waals surface area contributed by atoms with Crippen molar-refractivity contribution in [2.24, 2.45) is 0 Å². The van der Waals surface area contributed by atoms with Gasteiger partial charge in [0.25, 0.3) is 0 Å². The van der Waals surface area contributed by atoms with E-state index >= 15 is 0 Å². The van der Waals surface area contributed by atoms with Gasteiger partial charge < -0.3 is 9.47 Å². The van der Waals surface area contributed by atoms with Crippen LogP contribution in [0.3, 0.4) is 0 Å². The van der Waals surface area contributed by atoms with Crippen LogP contribution in [0.15, 0.2) is 48.7 Å². The van der Waals surface area contributed by atoms with Crippen LogP contribution >= 0.6 is 0 Å². The van der Waals surface area contributed by atoms with E-state index in [2.05, 4.69) is 57.4 Å². The number of aromatic nitrogens is 3. The molecule has 4 aromatic rings. The number of benzene rings is 2. The first-order valence-electron chi connectivity index (χ1n) is 8.27. The molecule has 24 heavy (non-hydrogen) atoms. The number of nitrogens with zero attached hydrogens (tertiary/aromatic N) is 2. The number of ether oxygens (including phenoxy) is 2. The standard InChI is InChI=1S/C19H17N3O2/c1-2-9-21-15-5-3-4-6-16(15)22-11-14(20-19(21)22)13-7-8-17-18(10-13)24-12-23-17/h3-8,10-11H,2,9,12H2,1H3/p+1. The maximum Gasteiger partial charge on any atom is 0.368 e. The third-order valence-corrected chi connectivity index (χ3v) is 4.55. The lowest BCUT2D eigenvalue weighted by molar-refractivity contribution is -0.647. The minimum atomic E-state index is 0.298. The van der Waals surface area contributed by atoms with Crippen LogP contribution in [-0.4, -0.2) is 16.2 Å². The fraction of sp³-hybridized carbons (Fsp3) is 0.211. The lowest BCUT2D eigenvalue weighted by atomic mass is 10.1. The zero-order valence-corrected chi connectivity index (χ0v) is 13.5. The molecule has 0 fully saturated rings. The van der Waals surface area contributed by atoms with Crippen LogP contribution in [0.1, 0.15) is 13.3 Å². The smallest absolute Gasteiger partial charge is 0.368 e. The van der Waals surface area contributed by atoms with Crippen molar-refractivity contribution in [1.82, 2.24) is 9.38 Å². The number of hydrogen-bond donors (Lipinski definition) is 1. The Kier molecular flexibility index (Phi) is 2.82. The molecule has 1 aliphatic heterocycles. The summed E-state index contributed by atoms with van der Waals surface area (Å²) in [4.78, 5) is 3.58. The number of aromatic amines is 1. The molecule has 2 aromatic heterocycles. The molecule has 0 saturated carbocycles. The number of imidazole rings is 2. The van der Waals surface area contributed by atoms with Gasteiger partial charge in [0.2, 0.25) is 6.79 Å². The minimum absolute atomic E-state index is 0.298. The van der Waals surface area contributed by atoms with Crippen LogP contribution in [-0.2, 0) is 6.54 Å². The highest BCUT2D eigenvalue weighted by Crippen LogP contribution is 2.35. The highest BCUT2D eigenvalue weighted by atomic mass is 16.7. The van der Waals surface area contributed by atoms with Gasteiger partial charge >= 0.3 is 5.78 Å². The van der Waals surface area contributed by atoms with Gasteiger partial charge in [-0.3, -0.25) is 0 Å². The van der Waals surface area contributed by atoms with Crippen molar-refractivity contribution in [3.63, 3.8) is 0 Å². The van der Waals surface area contributed by atoms with E-state index in [0.717, 1.165) is 41.5 Å². The van der Waals surface area contributed by atoms with Crippen molar-refractivity contribution in [2.45, 2.75) is 19.9 Å². The van der Waals surface area contributed by atoms with Crippen LogP contribution in [0.2, 0.25) is 0 Å². The number of H-pyrrole nitrogens is 1. The maximum absolute atomic E-state index is 5.50. The van der Waals surface area contributed by atoms with Crippen molar-refractivity contribution >= 4 is 16.8 Å². The van der Waals surface area contributed by atoms with Gasteiger partial charge in [0.1, 0.15) is 22.9 Å². The monoisotopic (exact) mass is 320 g/mol. The highest BCUT2D eigenvalue weighted by molar-refractivity contribution is 5.77. The first-order valence-corrected chi connectivity index (χ1v) is 8.27. The van der Waals surface area contributed by atoms with Crippen LogP contribution in [0.25, 0.3) is 28.1 Å². The van der Waals surface area contributed by atoms with Crippen LogP contribution in [0.4, 0.5) is 0 Å². The van der Waals surface area contributed by atoms with Gasteiger partial charge in [-0.1, -0.05) is 19.1 Å². The van der Waals surface area contributed by atoms with Gasteiger partial charge in [-0.05, 0) is 36.8 Å². The van der Waals surface area contributed by atoms with Gasteiger partial charge in [0, 0.05) is 5.56 Å². The largest absolute Gasteiger partial charge is 0.454 e. The second kappa shape index (κ2) is 5.03. The molecule has 1 aliphatic rings. The third kappa shape index (κ3) is 1.84. The molecule has 1 N–H and O–H groups in total. The van der Waals surface area contributed by atoms with Crippen LogP contribution in [0.5, 0.6) is 11.5 Å². The van der Waals surface area contributed by atoms with Crippen molar-refractivity contribution < 1.29 is 14.0 Å². The Balaban J connectivity index is 1.72. The minimum Gasteiger partial charge on any atom is -0.454 e. The van der Waals surface area contributed by atoms with Gasteiger partial charge in [-0.15, -0.1) is 0 Å². The van der Waals surface area contributed by atoms with Gasteiger partial charge in [-0.2, -0.15) is 4.40 Å². The van der Waals surface area contributed by atoms with Gasteiger partial charge in [0.05, 0.1) is 6.54 Å². The molecule has 0 aliphatic carbocycles. The predicted molar refractivity (Wildman–Crippen MR) is 91.3 cm³/mol. The molecular formula is C19H18N3O2+. The molecular weight excluding hydrogens is 302 g/mol. The summed E-state index contributed by atoms with van der Waals surface area (Å²) in [6.45, 7) is 3.48. The average Bonchev–Trinajstić information content (AvgIpc) is 3.30. The van der Waals surface area contributed by atoms with E-state index in [1.807, 2.05) is 12.1 Å². The molecule has 0 atom stereocenters. The number of fused-ring (bicyclic) bond motifs is 4. The van der Waals surface area contributed by atoms with Gasteiger partial charge in [-0.25, -0.2) is 9.55 Å². The molecule has 0 saturated heterocycles. The summed E-state index contributed by atoms with van der Waals surface area (Å²) in [6.07, 6.45) is 3.24. The van der Waals surface area contributed by atoms with E-state index in [4.69, 9.17) is 9.47 Å². The number of aryl methyl sites for hydroxylation is 1. The highest BCUT2D eigenvalue weighted by Gasteiger charge is 2.22. The molecule has 5 heteroatoms. The zero-order valence-electron chi connectivity index (χ0n) is 13.5. The second-order valence-electron chi connectivity index (χ2n) is 6.07. The van der Waals surface area contributed by atoms with E-state index in [-0.39, 0.29) is 0 Å². The summed E-state index contributed by atoms with van der Waals surface area (Å²) in [5.41, 5.74) is 4.63. The summed E-state index contributed by atoms with van der Waals surface area (Å²) in [5, 5.41) is 0. The van der Waals surface area contributed by atoms with Crippen molar-refractivity contribution in [1.29, 1.82) is 0 Å². The fourth-order valence-corrected chi connectivity index (χ4v) is 3.46. The second-order valence-corrected chi connectivity index (χ2v) is 6.07. The van der Waals surface area contributed by atoms with E-state index in [0.29, 0.717) is 6.79 Å². The van der Waals surface area contributed by atoms with E-state index in [1.165, 1.54) is 11.0 Å². The molecule has 0 amide bonds. The lowest BCUT2D eigenvalue weighted by Gasteiger charge is -1.99. The Hall–Kier alpha value is -2.95. The normalized spacial score (nSPS) is 13.2. The lowest BCUT2D eigenvalue weighted by Crippen LogP contribution is -2.33. The topological polar surface area (TPSA) is 42.5 Å². The van der Waals surface area contributed by atoms with Crippen molar-refractivity contribution in [3.05, 3.63) is 48.7 Å². The van der Waals surface area contributed by atoms with Crippen LogP contribution < -0.4 is 14.0 Å². The number of nitrogens with one attached hydrogen (secondary N) is 1. The van der Waals surface area contributed by atoms with Crippen LogP contribution in [0, 0.1) is 0 Å². The number of rotatable bonds is 3. The number of para-hydroxylation sites is 2. The first-order chi connectivity index (χ1) is 11.8. The van der Waals surface area contributed by atoms with E-state index in [1.54, 1.807) is 0 Å². The quantitative estimate of drug-likeness (QED) is 0.587. The SMILES string of the molecule is CCC[n+]1c2ccccc2n2cc(-c3ccc4c(c3)OCO4)[nH]c21. The molecule has 5 rings (SSSR count). The maximum atomic E-state index is 5.50. The van der Waals surface area contributed by atoms with E-state index in [9.17, 15) is 0 Å². The Morgan fingerprint density at radius 2 is 2.00 bits per heavy atom. The Morgan fingerprint density at radius 1 is 1.12 bits per heavy atom. The zero-order chi connectivity index (χ0) is 16.1. The fourth-order valence-electron chi connectivity index (χ4n) is 3.46. The predicted octanol–water partition coefficient (Wildman–Crippen LogP) is 3.51. The van der Waals surface area contributed by atoms with E-state index < -0.39 is 0 Å². The number of hydrogen-bond acceptors (Lipinski definition) is 2. The Labute approximate surface area is 139 Å². The Morgan fingerprint density at radius 3 is 2.92 bits per heavy atom. The molecule has 2 aromatic carbocycles. The third-order valence-electron chi connectivity index (χ3n) is 4.55. The molecule has 3 heterocycles. The Bertz CT molecular complexity index is 1060. The molecule has 0 radical (unpaired) electrons. The molecule has 0 spiro atoms. The van der Waals surface area contributed by atoms with Gasteiger partial charge in [0.15, 0.2) is 11.5 Å². The van der Waals surface area contributed by atoms with Crippen molar-refractivity contribution in [2.75, 3.05) is 6.79 Å². The first kappa shape index (κ1) is 13.5. The molecule has 0 bridgehead atoms.